The number of fused-ring (bicyclic) bond motifs is 2. The van der Waals surface area contributed by atoms with Gasteiger partial charge in [0.1, 0.15) is 0 Å². The molecule has 0 saturated carbocycles. The van der Waals surface area contributed by atoms with E-state index in [2.05, 4.69) is 16.8 Å². The van der Waals surface area contributed by atoms with Crippen molar-refractivity contribution in [1.82, 2.24) is 9.80 Å². The summed E-state index contributed by atoms with van der Waals surface area (Å²) in [5, 5.41) is 0.921. The maximum Gasteiger partial charge on any atom is 0.260 e. The normalized spacial score (nSPS) is 17.9. The van der Waals surface area contributed by atoms with E-state index in [1.54, 1.807) is 48.3 Å². The van der Waals surface area contributed by atoms with Gasteiger partial charge in [0.2, 0.25) is 0 Å². The fraction of sp³-hybridized carbons (Fsp3) is 0.391. The van der Waals surface area contributed by atoms with Crippen LogP contribution in [-0.4, -0.2) is 75.0 Å². The molecule has 0 bridgehead atoms. The van der Waals surface area contributed by atoms with Crippen molar-refractivity contribution in [2.24, 2.45) is 0 Å². The van der Waals surface area contributed by atoms with Gasteiger partial charge >= 0.3 is 0 Å². The Morgan fingerprint density at radius 2 is 1.35 bits per heavy atom. The topological polar surface area (TPSA) is 47.1 Å². The number of hydrogen-bond acceptors (Lipinski definition) is 4. The number of rotatable bonds is 4. The lowest BCUT2D eigenvalue weighted by atomic mass is 10.0. The van der Waals surface area contributed by atoms with Gasteiger partial charge in [-0.1, -0.05) is 23.2 Å². The van der Waals surface area contributed by atoms with Crippen molar-refractivity contribution in [3.8, 4) is 0 Å². The average Bonchev–Trinajstić information content (AvgIpc) is 2.76. The lowest BCUT2D eigenvalue weighted by Gasteiger charge is -2.34. The second-order valence-corrected chi connectivity index (χ2v) is 9.02. The summed E-state index contributed by atoms with van der Waals surface area (Å²) >= 11 is 12.4. The SMILES string of the molecule is CN1CCN(CCCN2C(=O)c3cc(Cl)ccc3N(C)C(=O)c3cc(Cl)ccc32)CC1. The highest BCUT2D eigenvalue weighted by Crippen LogP contribution is 2.34. The highest BCUT2D eigenvalue weighted by molar-refractivity contribution is 6.32. The Morgan fingerprint density at radius 1 is 0.774 bits per heavy atom. The molecule has 6 nitrogen and oxygen atoms in total. The van der Waals surface area contributed by atoms with E-state index < -0.39 is 0 Å². The second-order valence-electron chi connectivity index (χ2n) is 8.14. The fourth-order valence-corrected chi connectivity index (χ4v) is 4.52. The lowest BCUT2D eigenvalue weighted by molar-refractivity contribution is 0.0975. The Bertz CT molecular complexity index is 1010. The highest BCUT2D eigenvalue weighted by atomic mass is 35.5. The van der Waals surface area contributed by atoms with Crippen molar-refractivity contribution in [2.75, 3.05) is 63.2 Å². The zero-order valence-electron chi connectivity index (χ0n) is 17.8. The molecule has 0 aliphatic carbocycles. The Hall–Kier alpha value is -2.12. The number of carbonyl (C=O) groups excluding carboxylic acids is 2. The number of halogens is 2. The van der Waals surface area contributed by atoms with Crippen LogP contribution in [0, 0.1) is 0 Å². The van der Waals surface area contributed by atoms with Gasteiger partial charge in [-0.15, -0.1) is 0 Å². The molecule has 0 aromatic heterocycles. The van der Waals surface area contributed by atoms with E-state index in [1.165, 1.54) is 4.90 Å². The van der Waals surface area contributed by atoms with E-state index in [9.17, 15) is 9.59 Å². The van der Waals surface area contributed by atoms with Gasteiger partial charge in [-0.25, -0.2) is 0 Å². The van der Waals surface area contributed by atoms with Crippen LogP contribution in [0.4, 0.5) is 11.4 Å². The lowest BCUT2D eigenvalue weighted by Crippen LogP contribution is -2.45. The number of carbonyl (C=O) groups is 2. The predicted molar refractivity (Wildman–Crippen MR) is 126 cm³/mol. The van der Waals surface area contributed by atoms with Gasteiger partial charge in [-0.2, -0.15) is 0 Å². The van der Waals surface area contributed by atoms with Crippen LogP contribution >= 0.6 is 23.2 Å². The smallest absolute Gasteiger partial charge is 0.260 e. The maximum atomic E-state index is 13.6. The summed E-state index contributed by atoms with van der Waals surface area (Å²) in [6.45, 7) is 5.56. The van der Waals surface area contributed by atoms with E-state index in [-0.39, 0.29) is 11.8 Å². The Morgan fingerprint density at radius 3 is 2.00 bits per heavy atom. The third-order valence-corrected chi connectivity index (χ3v) is 6.50. The molecule has 164 valence electrons. The number of anilines is 2. The summed E-state index contributed by atoms with van der Waals surface area (Å²) in [7, 11) is 3.80. The zero-order valence-corrected chi connectivity index (χ0v) is 19.3. The van der Waals surface area contributed by atoms with Gasteiger partial charge < -0.3 is 19.6 Å². The molecule has 0 radical (unpaired) electrons. The Kier molecular flexibility index (Phi) is 6.53. The molecule has 0 N–H and O–H groups in total. The standard InChI is InChI=1S/C23H26Cl2N4O2/c1-26-10-12-28(13-11-26)8-3-9-29-21-7-5-17(25)15-19(21)22(30)27(2)20-6-4-16(24)14-18(20)23(29)31/h4-7,14-15H,3,8-13H2,1-2H3. The molecular formula is C23H26Cl2N4O2. The first-order valence-electron chi connectivity index (χ1n) is 10.4. The molecule has 1 fully saturated rings. The fourth-order valence-electron chi connectivity index (χ4n) is 4.18. The van der Waals surface area contributed by atoms with Crippen LogP contribution < -0.4 is 9.80 Å². The van der Waals surface area contributed by atoms with Crippen molar-refractivity contribution in [2.45, 2.75) is 6.42 Å². The van der Waals surface area contributed by atoms with Crippen LogP contribution in [0.25, 0.3) is 0 Å². The quantitative estimate of drug-likeness (QED) is 0.694. The monoisotopic (exact) mass is 460 g/mol. The highest BCUT2D eigenvalue weighted by Gasteiger charge is 2.31. The molecule has 4 rings (SSSR count). The van der Waals surface area contributed by atoms with Gasteiger partial charge in [0.05, 0.1) is 22.5 Å². The van der Waals surface area contributed by atoms with Crippen LogP contribution in [0.2, 0.25) is 10.0 Å². The van der Waals surface area contributed by atoms with Crippen molar-refractivity contribution in [3.05, 3.63) is 57.6 Å². The molecule has 31 heavy (non-hydrogen) atoms. The van der Waals surface area contributed by atoms with Crippen LogP contribution in [0.1, 0.15) is 27.1 Å². The van der Waals surface area contributed by atoms with Crippen LogP contribution in [-0.2, 0) is 0 Å². The van der Waals surface area contributed by atoms with E-state index in [4.69, 9.17) is 23.2 Å². The van der Waals surface area contributed by atoms with Crippen molar-refractivity contribution in [3.63, 3.8) is 0 Å². The van der Waals surface area contributed by atoms with Gasteiger partial charge in [0.15, 0.2) is 0 Å². The first-order chi connectivity index (χ1) is 14.8. The van der Waals surface area contributed by atoms with E-state index in [1.807, 2.05) is 0 Å². The second kappa shape index (κ2) is 9.17. The van der Waals surface area contributed by atoms with Gasteiger partial charge in [0, 0.05) is 49.8 Å². The molecule has 8 heteroatoms. The van der Waals surface area contributed by atoms with Crippen LogP contribution in [0.5, 0.6) is 0 Å². The number of amides is 2. The number of nitrogens with zero attached hydrogens (tertiary/aromatic N) is 4. The van der Waals surface area contributed by atoms with Crippen molar-refractivity contribution < 1.29 is 9.59 Å². The number of benzene rings is 2. The van der Waals surface area contributed by atoms with E-state index in [0.29, 0.717) is 39.1 Å². The van der Waals surface area contributed by atoms with Crippen LogP contribution in [0.15, 0.2) is 36.4 Å². The van der Waals surface area contributed by atoms with Crippen molar-refractivity contribution >= 4 is 46.4 Å². The summed E-state index contributed by atoms with van der Waals surface area (Å²) in [6.07, 6.45) is 0.803. The predicted octanol–water partition coefficient (Wildman–Crippen LogP) is 3.87. The molecule has 2 aromatic carbocycles. The molecule has 0 unspecified atom stereocenters. The molecule has 2 aliphatic heterocycles. The molecule has 0 atom stereocenters. The molecule has 2 aromatic rings. The number of likely N-dealkylation sites (N-methyl/N-ethyl adjacent to an activating group) is 1. The van der Waals surface area contributed by atoms with Crippen LogP contribution in [0.3, 0.4) is 0 Å². The molecule has 2 amide bonds. The van der Waals surface area contributed by atoms with Gasteiger partial charge in [0.25, 0.3) is 11.8 Å². The summed E-state index contributed by atoms with van der Waals surface area (Å²) in [6, 6.07) is 10.2. The summed E-state index contributed by atoms with van der Waals surface area (Å²) in [5.41, 5.74) is 1.96. The number of hydrogen-bond donors (Lipinski definition) is 0. The zero-order chi connectivity index (χ0) is 22.1. The minimum Gasteiger partial charge on any atom is -0.311 e. The summed E-state index contributed by atoms with van der Waals surface area (Å²) in [4.78, 5) is 34.8. The average molecular weight is 461 g/mol. The first-order valence-corrected chi connectivity index (χ1v) is 11.2. The minimum absolute atomic E-state index is 0.168. The summed E-state index contributed by atoms with van der Waals surface area (Å²) in [5.74, 6) is -0.378. The van der Waals surface area contributed by atoms with Gasteiger partial charge in [-0.3, -0.25) is 9.59 Å². The number of piperazine rings is 1. The van der Waals surface area contributed by atoms with E-state index in [0.717, 1.165) is 39.1 Å². The molecule has 1 saturated heterocycles. The van der Waals surface area contributed by atoms with E-state index >= 15 is 0 Å². The van der Waals surface area contributed by atoms with Gasteiger partial charge in [-0.05, 0) is 56.4 Å². The Labute approximate surface area is 192 Å². The minimum atomic E-state index is -0.211. The Balaban J connectivity index is 1.66. The molecule has 2 heterocycles. The molecular weight excluding hydrogens is 435 g/mol. The molecule has 2 aliphatic rings. The summed E-state index contributed by atoms with van der Waals surface area (Å²) < 4.78 is 0. The molecule has 0 spiro atoms. The van der Waals surface area contributed by atoms with Crippen molar-refractivity contribution in [1.29, 1.82) is 0 Å². The maximum absolute atomic E-state index is 13.6. The third kappa shape index (κ3) is 4.58. The largest absolute Gasteiger partial charge is 0.311 e. The first kappa shape index (κ1) is 22.1. The third-order valence-electron chi connectivity index (χ3n) is 6.03.